The number of nitrogens with zero attached hydrogens (tertiary/aromatic N) is 1. The number of hydrogen-bond donors (Lipinski definition) is 1. The lowest BCUT2D eigenvalue weighted by atomic mass is 10.2. The Morgan fingerprint density at radius 3 is 2.60 bits per heavy atom. The number of anilines is 1. The summed E-state index contributed by atoms with van der Waals surface area (Å²) in [6.45, 7) is 0.359. The van der Waals surface area contributed by atoms with Gasteiger partial charge >= 0.3 is 0 Å². The summed E-state index contributed by atoms with van der Waals surface area (Å²) in [4.78, 5) is 3.85. The highest BCUT2D eigenvalue weighted by atomic mass is 35.5. The second-order valence-corrected chi connectivity index (χ2v) is 6.69. The highest BCUT2D eigenvalue weighted by Gasteiger charge is 2.08. The Labute approximate surface area is 121 Å². The molecule has 20 heavy (non-hydrogen) atoms. The Hall–Kier alpha value is -1.66. The van der Waals surface area contributed by atoms with Gasteiger partial charge in [-0.25, -0.2) is 17.8 Å². The van der Waals surface area contributed by atoms with Crippen LogP contribution >= 0.6 is 11.6 Å². The van der Waals surface area contributed by atoms with Gasteiger partial charge in [-0.15, -0.1) is 0 Å². The first-order valence-corrected chi connectivity index (χ1v) is 7.96. The molecule has 0 aliphatic rings. The number of rotatable bonds is 4. The van der Waals surface area contributed by atoms with Crippen LogP contribution in [0.2, 0.25) is 5.02 Å². The number of halogens is 2. The minimum absolute atomic E-state index is 0.0110. The molecule has 0 amide bonds. The van der Waals surface area contributed by atoms with Crippen molar-refractivity contribution in [2.75, 3.05) is 11.6 Å². The van der Waals surface area contributed by atoms with Crippen molar-refractivity contribution in [3.05, 3.63) is 52.9 Å². The highest BCUT2D eigenvalue weighted by Crippen LogP contribution is 2.16. The average Bonchev–Trinajstić information content (AvgIpc) is 2.35. The zero-order chi connectivity index (χ0) is 14.8. The van der Waals surface area contributed by atoms with Gasteiger partial charge in [-0.2, -0.15) is 0 Å². The van der Waals surface area contributed by atoms with E-state index in [9.17, 15) is 12.8 Å². The second-order valence-electron chi connectivity index (χ2n) is 4.29. The number of benzene rings is 1. The number of pyridine rings is 1. The molecule has 0 saturated heterocycles. The van der Waals surface area contributed by atoms with Crippen molar-refractivity contribution in [3.8, 4) is 0 Å². The van der Waals surface area contributed by atoms with E-state index in [-0.39, 0.29) is 5.03 Å². The van der Waals surface area contributed by atoms with Gasteiger partial charge in [-0.1, -0.05) is 11.6 Å². The Morgan fingerprint density at radius 2 is 2.05 bits per heavy atom. The SMILES string of the molecule is CS(=O)(=O)c1ccc(NCc2cc(F)cc(Cl)c2)cn1. The van der Waals surface area contributed by atoms with E-state index >= 15 is 0 Å². The predicted molar refractivity (Wildman–Crippen MR) is 76.1 cm³/mol. The maximum absolute atomic E-state index is 13.1. The topological polar surface area (TPSA) is 59.1 Å². The molecule has 0 radical (unpaired) electrons. The van der Waals surface area contributed by atoms with Crippen LogP contribution in [-0.2, 0) is 16.4 Å². The van der Waals surface area contributed by atoms with E-state index in [1.165, 1.54) is 24.4 Å². The molecule has 0 aliphatic heterocycles. The maximum atomic E-state index is 13.1. The van der Waals surface area contributed by atoms with Crippen LogP contribution in [0.4, 0.5) is 10.1 Å². The Balaban J connectivity index is 2.07. The molecule has 106 valence electrons. The molecule has 0 spiro atoms. The molecule has 1 aromatic carbocycles. The van der Waals surface area contributed by atoms with Crippen LogP contribution in [0.25, 0.3) is 0 Å². The second kappa shape index (κ2) is 5.76. The molecule has 0 aliphatic carbocycles. The zero-order valence-corrected chi connectivity index (χ0v) is 12.2. The molecular weight excluding hydrogens is 303 g/mol. The highest BCUT2D eigenvalue weighted by molar-refractivity contribution is 7.90. The molecule has 1 heterocycles. The molecular formula is C13H12ClFN2O2S. The van der Waals surface area contributed by atoms with Gasteiger partial charge in [0.15, 0.2) is 14.9 Å². The van der Waals surface area contributed by atoms with Crippen LogP contribution in [-0.4, -0.2) is 19.7 Å². The molecule has 0 fully saturated rings. The molecule has 0 saturated carbocycles. The average molecular weight is 315 g/mol. The van der Waals surface area contributed by atoms with Gasteiger partial charge in [0.25, 0.3) is 0 Å². The lowest BCUT2D eigenvalue weighted by molar-refractivity contribution is 0.598. The number of hydrogen-bond acceptors (Lipinski definition) is 4. The van der Waals surface area contributed by atoms with E-state index in [0.717, 1.165) is 6.26 Å². The summed E-state index contributed by atoms with van der Waals surface area (Å²) in [5, 5.41) is 3.35. The summed E-state index contributed by atoms with van der Waals surface area (Å²) in [5.74, 6) is -0.403. The van der Waals surface area contributed by atoms with Crippen LogP contribution in [0, 0.1) is 5.82 Å². The van der Waals surface area contributed by atoms with E-state index in [1.54, 1.807) is 12.1 Å². The van der Waals surface area contributed by atoms with Crippen molar-refractivity contribution in [3.63, 3.8) is 0 Å². The number of nitrogens with one attached hydrogen (secondary N) is 1. The van der Waals surface area contributed by atoms with Crippen LogP contribution in [0.5, 0.6) is 0 Å². The molecule has 2 aromatic rings. The molecule has 1 aromatic heterocycles. The van der Waals surface area contributed by atoms with Crippen molar-refractivity contribution < 1.29 is 12.8 Å². The molecule has 0 atom stereocenters. The van der Waals surface area contributed by atoms with Crippen LogP contribution in [0.3, 0.4) is 0 Å². The molecule has 1 N–H and O–H groups in total. The van der Waals surface area contributed by atoms with Gasteiger partial charge in [0, 0.05) is 17.8 Å². The van der Waals surface area contributed by atoms with Gasteiger partial charge in [0.2, 0.25) is 0 Å². The van der Waals surface area contributed by atoms with Gasteiger partial charge in [0.05, 0.1) is 11.9 Å². The summed E-state index contributed by atoms with van der Waals surface area (Å²) >= 11 is 5.76. The van der Waals surface area contributed by atoms with Crippen LogP contribution < -0.4 is 5.32 Å². The van der Waals surface area contributed by atoms with Crippen molar-refractivity contribution in [2.45, 2.75) is 11.6 Å². The third kappa shape index (κ3) is 3.91. The normalized spacial score (nSPS) is 11.3. The fourth-order valence-corrected chi connectivity index (χ4v) is 2.43. The van der Waals surface area contributed by atoms with E-state index in [1.807, 2.05) is 0 Å². The number of aromatic nitrogens is 1. The minimum atomic E-state index is -3.30. The third-order valence-corrected chi connectivity index (χ3v) is 3.75. The first-order valence-electron chi connectivity index (χ1n) is 5.69. The third-order valence-electron chi connectivity index (χ3n) is 2.54. The van der Waals surface area contributed by atoms with Gasteiger partial charge in [-0.05, 0) is 35.9 Å². The van der Waals surface area contributed by atoms with Crippen molar-refractivity contribution >= 4 is 27.1 Å². The lowest BCUT2D eigenvalue weighted by Crippen LogP contribution is -2.03. The van der Waals surface area contributed by atoms with Crippen molar-refractivity contribution in [1.29, 1.82) is 0 Å². The summed E-state index contributed by atoms with van der Waals surface area (Å²) in [7, 11) is -3.30. The zero-order valence-electron chi connectivity index (χ0n) is 10.6. The molecule has 7 heteroatoms. The maximum Gasteiger partial charge on any atom is 0.192 e. The van der Waals surface area contributed by atoms with Gasteiger partial charge in [-0.3, -0.25) is 0 Å². The van der Waals surface area contributed by atoms with E-state index < -0.39 is 15.7 Å². The Morgan fingerprint density at radius 1 is 1.30 bits per heavy atom. The van der Waals surface area contributed by atoms with Crippen molar-refractivity contribution in [2.24, 2.45) is 0 Å². The monoisotopic (exact) mass is 314 g/mol. The lowest BCUT2D eigenvalue weighted by Gasteiger charge is -2.07. The van der Waals surface area contributed by atoms with Crippen molar-refractivity contribution in [1.82, 2.24) is 4.98 Å². The van der Waals surface area contributed by atoms with E-state index in [0.29, 0.717) is 22.8 Å². The van der Waals surface area contributed by atoms with Gasteiger partial charge in [0.1, 0.15) is 5.82 Å². The summed E-state index contributed by atoms with van der Waals surface area (Å²) in [5.41, 5.74) is 1.32. The van der Waals surface area contributed by atoms with E-state index in [2.05, 4.69) is 10.3 Å². The molecule has 0 unspecified atom stereocenters. The summed E-state index contributed by atoms with van der Waals surface area (Å²) in [6, 6.07) is 7.27. The fraction of sp³-hybridized carbons (Fsp3) is 0.154. The standard InChI is InChI=1S/C13H12ClFN2O2S/c1-20(18,19)13-3-2-12(8-17-13)16-7-9-4-10(14)6-11(15)5-9/h2-6,8,16H,7H2,1H3. The molecule has 4 nitrogen and oxygen atoms in total. The summed E-state index contributed by atoms with van der Waals surface area (Å²) in [6.07, 6.45) is 2.51. The Kier molecular flexibility index (Phi) is 4.25. The van der Waals surface area contributed by atoms with Crippen LogP contribution in [0.15, 0.2) is 41.6 Å². The number of sulfone groups is 1. The fourth-order valence-electron chi connectivity index (χ4n) is 1.62. The predicted octanol–water partition coefficient (Wildman–Crippen LogP) is 2.89. The smallest absolute Gasteiger partial charge is 0.192 e. The summed E-state index contributed by atoms with van der Waals surface area (Å²) < 4.78 is 35.7. The quantitative estimate of drug-likeness (QED) is 0.942. The first kappa shape index (κ1) is 14.7. The molecule has 2 rings (SSSR count). The first-order chi connectivity index (χ1) is 9.34. The Bertz CT molecular complexity index is 697. The van der Waals surface area contributed by atoms with Gasteiger partial charge < -0.3 is 5.32 Å². The molecule has 0 bridgehead atoms. The largest absolute Gasteiger partial charge is 0.380 e. The minimum Gasteiger partial charge on any atom is -0.380 e. The van der Waals surface area contributed by atoms with Crippen LogP contribution in [0.1, 0.15) is 5.56 Å². The van der Waals surface area contributed by atoms with E-state index in [4.69, 9.17) is 11.6 Å².